The Kier molecular flexibility index (Phi) is 6.63. The summed E-state index contributed by atoms with van der Waals surface area (Å²) in [5.41, 5.74) is 0.776. The fourth-order valence-electron chi connectivity index (χ4n) is 2.08. The molecule has 1 heterocycles. The number of aliphatic hydroxyl groups is 2. The molecule has 0 saturated carbocycles. The predicted octanol–water partition coefficient (Wildman–Crippen LogP) is 1.08. The molecule has 1 amide bonds. The molecule has 2 rings (SSSR count). The zero-order valence-electron chi connectivity index (χ0n) is 13.9. The number of rotatable bonds is 8. The second-order valence-electron chi connectivity index (χ2n) is 5.39. The third kappa shape index (κ3) is 5.09. The first-order chi connectivity index (χ1) is 11.9. The number of hydrogen-bond donors (Lipinski definition) is 3. The third-order valence-electron chi connectivity index (χ3n) is 3.41. The van der Waals surface area contributed by atoms with Gasteiger partial charge >= 0.3 is 0 Å². The number of carbonyl (C=O) groups excluding carboxylic acids is 1. The van der Waals surface area contributed by atoms with Gasteiger partial charge in [0.2, 0.25) is 0 Å². The molecule has 25 heavy (non-hydrogen) atoms. The molecule has 1 atom stereocenters. The number of H-pyrrole nitrogens is 1. The number of nitrogens with one attached hydrogen (secondary N) is 1. The molecule has 0 radical (unpaired) electrons. The van der Waals surface area contributed by atoms with Crippen LogP contribution in [0.3, 0.4) is 0 Å². The quantitative estimate of drug-likeness (QED) is 0.642. The average Bonchev–Trinajstić information content (AvgIpc) is 3.08. The molecule has 0 aliphatic carbocycles. The summed E-state index contributed by atoms with van der Waals surface area (Å²) in [6, 6.07) is 6.61. The van der Waals surface area contributed by atoms with Crippen LogP contribution in [-0.2, 0) is 6.61 Å². The van der Waals surface area contributed by atoms with Crippen molar-refractivity contribution in [1.82, 2.24) is 15.1 Å². The highest BCUT2D eigenvalue weighted by Crippen LogP contribution is 2.29. The summed E-state index contributed by atoms with van der Waals surface area (Å²) < 4.78 is 10.7. The molecule has 1 aromatic heterocycles. The lowest BCUT2D eigenvalue weighted by atomic mass is 10.3. The first-order valence-corrected chi connectivity index (χ1v) is 7.87. The Balaban J connectivity index is 1.96. The van der Waals surface area contributed by atoms with E-state index >= 15 is 0 Å². The smallest absolute Gasteiger partial charge is 0.274 e. The van der Waals surface area contributed by atoms with Gasteiger partial charge in [-0.2, -0.15) is 5.10 Å². The fraction of sp³-hybridized carbons (Fsp3) is 0.375. The van der Waals surface area contributed by atoms with Crippen LogP contribution in [0, 0.1) is 0 Å². The standard InChI is InChI=1S/C16H20ClN3O5/c1-20(7-11(22)8-21)16(23)14-5-10(18-19-14)9-25-15-4-3-12(24-2)6-13(15)17/h3-6,11,21-22H,7-9H2,1-2H3,(H,18,19)/t11-/m1/s1. The maximum atomic E-state index is 12.2. The number of halogens is 1. The molecule has 0 fully saturated rings. The van der Waals surface area contributed by atoms with Gasteiger partial charge in [0.05, 0.1) is 30.5 Å². The first kappa shape index (κ1) is 19.0. The summed E-state index contributed by atoms with van der Waals surface area (Å²) in [6.07, 6.45) is -0.993. The minimum atomic E-state index is -0.993. The van der Waals surface area contributed by atoms with Gasteiger partial charge in [-0.1, -0.05) is 11.6 Å². The summed E-state index contributed by atoms with van der Waals surface area (Å²) in [5.74, 6) is 0.727. The van der Waals surface area contributed by atoms with Crippen molar-refractivity contribution in [2.75, 3.05) is 27.3 Å². The van der Waals surface area contributed by atoms with Crippen molar-refractivity contribution in [1.29, 1.82) is 0 Å². The predicted molar refractivity (Wildman–Crippen MR) is 91.0 cm³/mol. The number of aliphatic hydroxyl groups excluding tert-OH is 2. The lowest BCUT2D eigenvalue weighted by Crippen LogP contribution is -2.36. The molecule has 3 N–H and O–H groups in total. The Morgan fingerprint density at radius 1 is 1.44 bits per heavy atom. The largest absolute Gasteiger partial charge is 0.497 e. The van der Waals surface area contributed by atoms with Crippen LogP contribution in [0.15, 0.2) is 24.3 Å². The number of amides is 1. The van der Waals surface area contributed by atoms with Gasteiger partial charge in [0, 0.05) is 19.7 Å². The number of carbonyl (C=O) groups is 1. The molecular formula is C16H20ClN3O5. The molecular weight excluding hydrogens is 350 g/mol. The van der Waals surface area contributed by atoms with E-state index < -0.39 is 12.7 Å². The van der Waals surface area contributed by atoms with Crippen LogP contribution in [0.4, 0.5) is 0 Å². The van der Waals surface area contributed by atoms with E-state index in [0.717, 1.165) is 0 Å². The molecule has 0 saturated heterocycles. The number of methoxy groups -OCH3 is 1. The second kappa shape index (κ2) is 8.70. The monoisotopic (exact) mass is 369 g/mol. The maximum absolute atomic E-state index is 12.2. The minimum absolute atomic E-state index is 0.00941. The SMILES string of the molecule is COc1ccc(OCc2cc(C(=O)N(C)C[C@@H](O)CO)n[nH]2)c(Cl)c1. The number of ether oxygens (including phenoxy) is 2. The topological polar surface area (TPSA) is 108 Å². The van der Waals surface area contributed by atoms with Gasteiger partial charge in [0.25, 0.3) is 5.91 Å². The number of nitrogens with zero attached hydrogens (tertiary/aromatic N) is 2. The molecule has 0 bridgehead atoms. The van der Waals surface area contributed by atoms with Crippen LogP contribution in [0.1, 0.15) is 16.2 Å². The summed E-state index contributed by atoms with van der Waals surface area (Å²) in [5, 5.41) is 25.3. The van der Waals surface area contributed by atoms with E-state index in [9.17, 15) is 9.90 Å². The number of hydrogen-bond acceptors (Lipinski definition) is 6. The van der Waals surface area contributed by atoms with Crippen molar-refractivity contribution in [3.8, 4) is 11.5 Å². The van der Waals surface area contributed by atoms with Crippen molar-refractivity contribution in [2.24, 2.45) is 0 Å². The van der Waals surface area contributed by atoms with Gasteiger partial charge in [-0.25, -0.2) is 0 Å². The minimum Gasteiger partial charge on any atom is -0.497 e. The lowest BCUT2D eigenvalue weighted by Gasteiger charge is -2.18. The highest BCUT2D eigenvalue weighted by atomic mass is 35.5. The Bertz CT molecular complexity index is 722. The molecule has 8 nitrogen and oxygen atoms in total. The Morgan fingerprint density at radius 2 is 2.20 bits per heavy atom. The van der Waals surface area contributed by atoms with Crippen molar-refractivity contribution in [3.05, 3.63) is 40.7 Å². The zero-order valence-corrected chi connectivity index (χ0v) is 14.7. The molecule has 0 aliphatic heterocycles. The highest BCUT2D eigenvalue weighted by molar-refractivity contribution is 6.32. The van der Waals surface area contributed by atoms with Crippen molar-refractivity contribution < 1.29 is 24.5 Å². The van der Waals surface area contributed by atoms with Gasteiger partial charge in [0.15, 0.2) is 5.69 Å². The molecule has 0 spiro atoms. The fourth-order valence-corrected chi connectivity index (χ4v) is 2.30. The van der Waals surface area contributed by atoms with Crippen LogP contribution in [-0.4, -0.2) is 64.6 Å². The summed E-state index contributed by atoms with van der Waals surface area (Å²) in [6.45, 7) is -0.259. The first-order valence-electron chi connectivity index (χ1n) is 7.49. The van der Waals surface area contributed by atoms with Crippen molar-refractivity contribution >= 4 is 17.5 Å². The van der Waals surface area contributed by atoms with Crippen LogP contribution < -0.4 is 9.47 Å². The number of likely N-dealkylation sites (N-methyl/N-ethyl adjacent to an activating group) is 1. The van der Waals surface area contributed by atoms with Gasteiger partial charge in [0.1, 0.15) is 18.1 Å². The number of aromatic nitrogens is 2. The lowest BCUT2D eigenvalue weighted by molar-refractivity contribution is 0.0516. The van der Waals surface area contributed by atoms with Crippen LogP contribution in [0.2, 0.25) is 5.02 Å². The molecule has 2 aromatic rings. The van der Waals surface area contributed by atoms with Crippen molar-refractivity contribution in [2.45, 2.75) is 12.7 Å². The van der Waals surface area contributed by atoms with Crippen LogP contribution >= 0.6 is 11.6 Å². The van der Waals surface area contributed by atoms with Gasteiger partial charge in [-0.3, -0.25) is 9.89 Å². The van der Waals surface area contributed by atoms with Gasteiger partial charge in [-0.15, -0.1) is 0 Å². The number of benzene rings is 1. The normalized spacial score (nSPS) is 11.9. The Morgan fingerprint density at radius 3 is 2.84 bits per heavy atom. The van der Waals surface area contributed by atoms with Crippen molar-refractivity contribution in [3.63, 3.8) is 0 Å². The van der Waals surface area contributed by atoms with Gasteiger partial charge in [-0.05, 0) is 18.2 Å². The maximum Gasteiger partial charge on any atom is 0.274 e. The van der Waals surface area contributed by atoms with Crippen LogP contribution in [0.5, 0.6) is 11.5 Å². The van der Waals surface area contributed by atoms with Gasteiger partial charge < -0.3 is 24.6 Å². The molecule has 0 aliphatic rings. The van der Waals surface area contributed by atoms with E-state index in [1.165, 1.54) is 11.9 Å². The highest BCUT2D eigenvalue weighted by Gasteiger charge is 2.18. The number of aromatic amines is 1. The van der Waals surface area contributed by atoms with E-state index in [1.54, 1.807) is 31.4 Å². The molecule has 9 heteroatoms. The summed E-state index contributed by atoms with van der Waals surface area (Å²) in [4.78, 5) is 13.5. The summed E-state index contributed by atoms with van der Waals surface area (Å²) >= 11 is 6.10. The molecule has 136 valence electrons. The summed E-state index contributed by atoms with van der Waals surface area (Å²) in [7, 11) is 3.06. The molecule has 0 unspecified atom stereocenters. The zero-order chi connectivity index (χ0) is 18.4. The van der Waals surface area contributed by atoms with E-state index in [4.69, 9.17) is 26.2 Å². The van der Waals surface area contributed by atoms with E-state index in [2.05, 4.69) is 10.2 Å². The molecule has 1 aromatic carbocycles. The Labute approximate surface area is 149 Å². The van der Waals surface area contributed by atoms with Crippen LogP contribution in [0.25, 0.3) is 0 Å². The average molecular weight is 370 g/mol. The van der Waals surface area contributed by atoms with E-state index in [0.29, 0.717) is 22.2 Å². The second-order valence-corrected chi connectivity index (χ2v) is 5.79. The Hall–Kier alpha value is -2.29. The van der Waals surface area contributed by atoms with E-state index in [1.807, 2.05) is 0 Å². The van der Waals surface area contributed by atoms with E-state index in [-0.39, 0.29) is 24.8 Å². The third-order valence-corrected chi connectivity index (χ3v) is 3.71.